The summed E-state index contributed by atoms with van der Waals surface area (Å²) in [6.07, 6.45) is 6.99. The van der Waals surface area contributed by atoms with Crippen LogP contribution < -0.4 is 10.1 Å². The molecule has 0 unspecified atom stereocenters. The Morgan fingerprint density at radius 1 is 1.24 bits per heavy atom. The summed E-state index contributed by atoms with van der Waals surface area (Å²) in [7, 11) is 1.53. The Bertz CT molecular complexity index is 453. The summed E-state index contributed by atoms with van der Waals surface area (Å²) < 4.78 is 19.6. The Hall–Kier alpha value is -1.09. The Morgan fingerprint density at radius 2 is 1.95 bits per heavy atom. The van der Waals surface area contributed by atoms with Crippen LogP contribution in [0.4, 0.5) is 4.39 Å². The van der Waals surface area contributed by atoms with Crippen molar-refractivity contribution in [2.45, 2.75) is 58.4 Å². The lowest BCUT2D eigenvalue weighted by Gasteiger charge is -2.38. The predicted octanol–water partition coefficient (Wildman–Crippen LogP) is 4.33. The molecule has 1 aromatic rings. The molecule has 0 aliphatic heterocycles. The third kappa shape index (κ3) is 4.19. The minimum Gasteiger partial charge on any atom is -0.494 e. The van der Waals surface area contributed by atoms with Gasteiger partial charge in [0.1, 0.15) is 0 Å². The summed E-state index contributed by atoms with van der Waals surface area (Å²) in [5.74, 6) is 0.171. The molecule has 0 bridgehead atoms. The van der Waals surface area contributed by atoms with Crippen molar-refractivity contribution < 1.29 is 9.13 Å². The summed E-state index contributed by atoms with van der Waals surface area (Å²) in [6, 6.07) is 5.96. The van der Waals surface area contributed by atoms with Crippen molar-refractivity contribution in [2.75, 3.05) is 13.7 Å². The zero-order valence-corrected chi connectivity index (χ0v) is 13.5. The Morgan fingerprint density at radius 3 is 2.57 bits per heavy atom. The van der Waals surface area contributed by atoms with E-state index in [-0.39, 0.29) is 11.2 Å². The molecule has 118 valence electrons. The first-order valence-electron chi connectivity index (χ1n) is 8.11. The van der Waals surface area contributed by atoms with Gasteiger partial charge in [0.05, 0.1) is 7.11 Å². The predicted molar refractivity (Wildman–Crippen MR) is 85.3 cm³/mol. The van der Waals surface area contributed by atoms with E-state index in [9.17, 15) is 4.39 Å². The van der Waals surface area contributed by atoms with Crippen molar-refractivity contribution in [3.8, 4) is 5.75 Å². The van der Waals surface area contributed by atoms with Gasteiger partial charge in [-0.05, 0) is 36.3 Å². The normalized spacial score (nSPS) is 18.0. The lowest BCUT2D eigenvalue weighted by atomic mass is 9.70. The second-order valence-electron chi connectivity index (χ2n) is 6.71. The van der Waals surface area contributed by atoms with Gasteiger partial charge in [0, 0.05) is 12.6 Å². The van der Waals surface area contributed by atoms with Gasteiger partial charge in [-0.25, -0.2) is 4.39 Å². The summed E-state index contributed by atoms with van der Waals surface area (Å²) in [6.45, 7) is 5.31. The number of nitrogens with one attached hydrogen (secondary N) is 1. The fraction of sp³-hybridized carbons (Fsp3) is 0.667. The minimum atomic E-state index is -0.186. The number of hydrogen-bond acceptors (Lipinski definition) is 2. The van der Waals surface area contributed by atoms with Gasteiger partial charge < -0.3 is 10.1 Å². The van der Waals surface area contributed by atoms with Gasteiger partial charge >= 0.3 is 0 Å². The average Bonchev–Trinajstić information content (AvgIpc) is 2.48. The first-order valence-corrected chi connectivity index (χ1v) is 8.11. The van der Waals surface area contributed by atoms with Crippen LogP contribution in [0.5, 0.6) is 5.75 Å². The topological polar surface area (TPSA) is 21.3 Å². The molecule has 3 heteroatoms. The van der Waals surface area contributed by atoms with E-state index in [1.807, 2.05) is 12.1 Å². The van der Waals surface area contributed by atoms with Crippen LogP contribution in [0.25, 0.3) is 0 Å². The van der Waals surface area contributed by atoms with Gasteiger partial charge in [0.15, 0.2) is 11.6 Å². The molecular formula is C18H28FNO. The third-order valence-electron chi connectivity index (χ3n) is 4.63. The quantitative estimate of drug-likeness (QED) is 0.843. The molecule has 1 aliphatic carbocycles. The molecular weight excluding hydrogens is 265 g/mol. The molecule has 1 aromatic carbocycles. The summed E-state index contributed by atoms with van der Waals surface area (Å²) >= 11 is 0. The minimum absolute atomic E-state index is 0.186. The van der Waals surface area contributed by atoms with E-state index in [0.29, 0.717) is 11.8 Å². The van der Waals surface area contributed by atoms with Crippen LogP contribution >= 0.6 is 0 Å². The molecule has 0 aromatic heterocycles. The van der Waals surface area contributed by atoms with Crippen LogP contribution in [-0.2, 0) is 6.42 Å². The van der Waals surface area contributed by atoms with Crippen molar-refractivity contribution >= 4 is 0 Å². The molecule has 1 saturated carbocycles. The molecule has 0 spiro atoms. The highest BCUT2D eigenvalue weighted by atomic mass is 19.1. The van der Waals surface area contributed by atoms with Gasteiger partial charge in [-0.1, -0.05) is 45.2 Å². The van der Waals surface area contributed by atoms with E-state index in [1.54, 1.807) is 6.07 Å². The van der Waals surface area contributed by atoms with Crippen LogP contribution in [0.2, 0.25) is 0 Å². The average molecular weight is 293 g/mol. The molecule has 2 nitrogen and oxygen atoms in total. The molecule has 1 aliphatic rings. The zero-order chi connectivity index (χ0) is 15.3. The second kappa shape index (κ2) is 7.26. The molecule has 1 fully saturated rings. The molecule has 0 atom stereocenters. The van der Waals surface area contributed by atoms with Crippen molar-refractivity contribution in [3.05, 3.63) is 29.6 Å². The highest BCUT2D eigenvalue weighted by Crippen LogP contribution is 2.40. The van der Waals surface area contributed by atoms with Crippen LogP contribution in [0.1, 0.15) is 51.5 Å². The summed E-state index contributed by atoms with van der Waals surface area (Å²) in [4.78, 5) is 0. The third-order valence-corrected chi connectivity index (χ3v) is 4.63. The Balaban J connectivity index is 2.18. The van der Waals surface area contributed by atoms with Crippen LogP contribution in [0.3, 0.4) is 0 Å². The van der Waals surface area contributed by atoms with Gasteiger partial charge in [-0.3, -0.25) is 0 Å². The standard InChI is InChI=1S/C18H28FNO/c1-14(2)20-13-18(10-5-4-6-11-18)12-15-8-7-9-16(21-3)17(15)19/h7-9,14,20H,4-6,10-13H2,1-3H3. The Kier molecular flexibility index (Phi) is 5.63. The highest BCUT2D eigenvalue weighted by Gasteiger charge is 2.33. The van der Waals surface area contributed by atoms with Crippen molar-refractivity contribution in [1.82, 2.24) is 5.32 Å². The fourth-order valence-electron chi connectivity index (χ4n) is 3.39. The molecule has 0 saturated heterocycles. The maximum absolute atomic E-state index is 14.5. The van der Waals surface area contributed by atoms with Gasteiger partial charge in [0.2, 0.25) is 0 Å². The molecule has 0 radical (unpaired) electrons. The lowest BCUT2D eigenvalue weighted by molar-refractivity contribution is 0.174. The molecule has 21 heavy (non-hydrogen) atoms. The summed E-state index contributed by atoms with van der Waals surface area (Å²) in [5.41, 5.74) is 0.984. The summed E-state index contributed by atoms with van der Waals surface area (Å²) in [5, 5.41) is 3.57. The number of halogens is 1. The number of ether oxygens (including phenoxy) is 1. The number of methoxy groups -OCH3 is 1. The molecule has 1 N–H and O–H groups in total. The Labute approximate surface area is 128 Å². The fourth-order valence-corrected chi connectivity index (χ4v) is 3.39. The number of rotatable bonds is 6. The van der Waals surface area contributed by atoms with Crippen LogP contribution in [-0.4, -0.2) is 19.7 Å². The van der Waals surface area contributed by atoms with Crippen LogP contribution in [0.15, 0.2) is 18.2 Å². The van der Waals surface area contributed by atoms with Crippen molar-refractivity contribution in [3.63, 3.8) is 0 Å². The molecule has 0 heterocycles. The first-order chi connectivity index (χ1) is 10.1. The van der Waals surface area contributed by atoms with E-state index in [0.717, 1.165) is 18.5 Å². The van der Waals surface area contributed by atoms with Crippen LogP contribution in [0, 0.1) is 11.2 Å². The zero-order valence-electron chi connectivity index (χ0n) is 13.5. The maximum Gasteiger partial charge on any atom is 0.168 e. The van der Waals surface area contributed by atoms with E-state index in [2.05, 4.69) is 19.2 Å². The second-order valence-corrected chi connectivity index (χ2v) is 6.71. The van der Waals surface area contributed by atoms with E-state index >= 15 is 0 Å². The van der Waals surface area contributed by atoms with E-state index < -0.39 is 0 Å². The molecule has 2 rings (SSSR count). The van der Waals surface area contributed by atoms with Gasteiger partial charge in [-0.15, -0.1) is 0 Å². The number of hydrogen-bond donors (Lipinski definition) is 1. The largest absolute Gasteiger partial charge is 0.494 e. The smallest absolute Gasteiger partial charge is 0.168 e. The SMILES string of the molecule is COc1cccc(CC2(CNC(C)C)CCCCC2)c1F. The first kappa shape index (κ1) is 16.3. The van der Waals surface area contributed by atoms with Crippen molar-refractivity contribution in [2.24, 2.45) is 5.41 Å². The van der Waals surface area contributed by atoms with Crippen molar-refractivity contribution in [1.29, 1.82) is 0 Å². The lowest BCUT2D eigenvalue weighted by Crippen LogP contribution is -2.40. The maximum atomic E-state index is 14.5. The van der Waals surface area contributed by atoms with E-state index in [4.69, 9.17) is 4.74 Å². The number of benzene rings is 1. The van der Waals surface area contributed by atoms with E-state index in [1.165, 1.54) is 39.2 Å². The van der Waals surface area contributed by atoms with Gasteiger partial charge in [0.25, 0.3) is 0 Å². The monoisotopic (exact) mass is 293 g/mol. The van der Waals surface area contributed by atoms with Gasteiger partial charge in [-0.2, -0.15) is 0 Å². The highest BCUT2D eigenvalue weighted by molar-refractivity contribution is 5.32. The molecule has 0 amide bonds.